The number of ether oxygens (including phenoxy) is 2. The topological polar surface area (TPSA) is 62.5 Å². The first-order chi connectivity index (χ1) is 8.66. The van der Waals surface area contributed by atoms with Gasteiger partial charge in [0.15, 0.2) is 0 Å². The minimum Gasteiger partial charge on any atom is -0.388 e. The molecule has 2 aliphatic heterocycles. The zero-order valence-corrected chi connectivity index (χ0v) is 11.2. The molecule has 2 rings (SSSR count). The predicted molar refractivity (Wildman–Crippen MR) is 66.9 cm³/mol. The number of rotatable bonds is 3. The van der Waals surface area contributed by atoms with Crippen molar-refractivity contribution in [3.05, 3.63) is 0 Å². The first-order valence-corrected chi connectivity index (χ1v) is 6.99. The van der Waals surface area contributed by atoms with E-state index < -0.39 is 11.0 Å². The quantitative estimate of drug-likeness (QED) is 0.835. The summed E-state index contributed by atoms with van der Waals surface area (Å²) in [6.07, 6.45) is 4.54. The molecule has 0 saturated carbocycles. The van der Waals surface area contributed by atoms with Gasteiger partial charge in [-0.05, 0) is 19.3 Å². The summed E-state index contributed by atoms with van der Waals surface area (Å²) in [5.41, 5.74) is -1.54. The van der Waals surface area contributed by atoms with Crippen LogP contribution in [-0.2, 0) is 9.47 Å². The molecule has 0 radical (unpaired) electrons. The van der Waals surface area contributed by atoms with Gasteiger partial charge in [-0.25, -0.2) is 0 Å². The first kappa shape index (κ1) is 13.8. The monoisotopic (exact) mass is 253 g/mol. The van der Waals surface area contributed by atoms with Crippen molar-refractivity contribution in [2.45, 2.75) is 57.2 Å². The molecule has 4 nitrogen and oxygen atoms in total. The van der Waals surface area contributed by atoms with Crippen LogP contribution in [0.3, 0.4) is 0 Å². The van der Waals surface area contributed by atoms with Crippen LogP contribution in [0, 0.1) is 16.7 Å². The minimum absolute atomic E-state index is 0.0989. The second-order valence-electron chi connectivity index (χ2n) is 5.57. The molecule has 2 aliphatic rings. The van der Waals surface area contributed by atoms with Crippen molar-refractivity contribution in [1.82, 2.24) is 0 Å². The van der Waals surface area contributed by atoms with Gasteiger partial charge < -0.3 is 14.6 Å². The summed E-state index contributed by atoms with van der Waals surface area (Å²) in [6, 6.07) is 2.40. The lowest BCUT2D eigenvalue weighted by Gasteiger charge is -2.48. The van der Waals surface area contributed by atoms with Gasteiger partial charge in [-0.15, -0.1) is 0 Å². The molecule has 2 unspecified atom stereocenters. The fraction of sp³-hybridized carbons (Fsp3) is 0.929. The summed E-state index contributed by atoms with van der Waals surface area (Å²) in [4.78, 5) is 0. The van der Waals surface area contributed by atoms with Crippen molar-refractivity contribution < 1.29 is 14.6 Å². The van der Waals surface area contributed by atoms with Gasteiger partial charge in [0.05, 0.1) is 23.2 Å². The Morgan fingerprint density at radius 3 is 2.61 bits per heavy atom. The van der Waals surface area contributed by atoms with Crippen LogP contribution in [0.1, 0.15) is 45.4 Å². The lowest BCUT2D eigenvalue weighted by molar-refractivity contribution is -0.173. The average Bonchev–Trinajstić information content (AvgIpc) is 2.40. The lowest BCUT2D eigenvalue weighted by Crippen LogP contribution is -2.55. The molecule has 0 aromatic rings. The van der Waals surface area contributed by atoms with Crippen LogP contribution in [-0.4, -0.2) is 36.6 Å². The van der Waals surface area contributed by atoms with Gasteiger partial charge in [0.2, 0.25) is 0 Å². The minimum atomic E-state index is -0.899. The van der Waals surface area contributed by atoms with Gasteiger partial charge in [0.25, 0.3) is 0 Å². The molecule has 0 aromatic heterocycles. The summed E-state index contributed by atoms with van der Waals surface area (Å²) in [5, 5.41) is 20.6. The molecule has 0 spiro atoms. The van der Waals surface area contributed by atoms with Crippen LogP contribution in [0.2, 0.25) is 0 Å². The molecule has 2 atom stereocenters. The molecule has 0 bridgehead atoms. The van der Waals surface area contributed by atoms with E-state index >= 15 is 0 Å². The number of aliphatic hydroxyl groups is 1. The van der Waals surface area contributed by atoms with E-state index in [0.29, 0.717) is 45.5 Å². The van der Waals surface area contributed by atoms with E-state index in [1.54, 1.807) is 0 Å². The third kappa shape index (κ3) is 2.40. The van der Waals surface area contributed by atoms with Gasteiger partial charge in [0, 0.05) is 32.7 Å². The SMILES string of the molecule is CCCC1CC(O)(C2(C#N)CCOCC2)CCO1. The number of nitriles is 1. The van der Waals surface area contributed by atoms with Crippen LogP contribution >= 0.6 is 0 Å². The van der Waals surface area contributed by atoms with Gasteiger partial charge >= 0.3 is 0 Å². The molecular weight excluding hydrogens is 230 g/mol. The Morgan fingerprint density at radius 2 is 2.00 bits per heavy atom. The highest BCUT2D eigenvalue weighted by Gasteiger charge is 2.53. The molecule has 2 fully saturated rings. The highest BCUT2D eigenvalue weighted by atomic mass is 16.5. The van der Waals surface area contributed by atoms with Crippen molar-refractivity contribution in [1.29, 1.82) is 5.26 Å². The summed E-state index contributed by atoms with van der Waals surface area (Å²) < 4.78 is 11.0. The second-order valence-corrected chi connectivity index (χ2v) is 5.57. The molecule has 1 N–H and O–H groups in total. The highest BCUT2D eigenvalue weighted by Crippen LogP contribution is 2.47. The number of hydrogen-bond donors (Lipinski definition) is 1. The van der Waals surface area contributed by atoms with Crippen molar-refractivity contribution in [2.75, 3.05) is 19.8 Å². The predicted octanol–water partition coefficient (Wildman–Crippen LogP) is 2.02. The maximum atomic E-state index is 11.0. The Morgan fingerprint density at radius 1 is 1.28 bits per heavy atom. The van der Waals surface area contributed by atoms with Crippen LogP contribution in [0.15, 0.2) is 0 Å². The molecule has 2 saturated heterocycles. The molecule has 102 valence electrons. The van der Waals surface area contributed by atoms with Crippen LogP contribution in [0.5, 0.6) is 0 Å². The molecule has 0 amide bonds. The largest absolute Gasteiger partial charge is 0.388 e. The fourth-order valence-electron chi connectivity index (χ4n) is 3.28. The zero-order valence-electron chi connectivity index (χ0n) is 11.2. The van der Waals surface area contributed by atoms with E-state index in [-0.39, 0.29) is 6.10 Å². The zero-order chi connectivity index (χ0) is 13.1. The van der Waals surface area contributed by atoms with Crippen LogP contribution in [0.25, 0.3) is 0 Å². The maximum absolute atomic E-state index is 11.0. The summed E-state index contributed by atoms with van der Waals surface area (Å²) in [5.74, 6) is 0. The van der Waals surface area contributed by atoms with Gasteiger partial charge in [0.1, 0.15) is 0 Å². The Bertz CT molecular complexity index is 317. The van der Waals surface area contributed by atoms with Crippen molar-refractivity contribution in [3.8, 4) is 6.07 Å². The molecule has 0 aliphatic carbocycles. The molecule has 18 heavy (non-hydrogen) atoms. The lowest BCUT2D eigenvalue weighted by atomic mass is 9.63. The Labute approximate surface area is 109 Å². The van der Waals surface area contributed by atoms with Gasteiger partial charge in [-0.2, -0.15) is 5.26 Å². The van der Waals surface area contributed by atoms with Gasteiger partial charge in [-0.3, -0.25) is 0 Å². The maximum Gasteiger partial charge on any atom is 0.0905 e. The summed E-state index contributed by atoms with van der Waals surface area (Å²) in [6.45, 7) is 3.83. The standard InChI is InChI=1S/C14H23NO3/c1-2-3-12-10-14(16,6-9-18-12)13(11-15)4-7-17-8-5-13/h12,16H,2-10H2,1H3. The Balaban J connectivity index is 2.15. The van der Waals surface area contributed by atoms with E-state index in [4.69, 9.17) is 9.47 Å². The number of nitrogens with zero attached hydrogens (tertiary/aromatic N) is 1. The Hall–Kier alpha value is -0.630. The average molecular weight is 253 g/mol. The molecular formula is C14H23NO3. The molecule has 2 heterocycles. The molecule has 4 heteroatoms. The van der Waals surface area contributed by atoms with E-state index in [9.17, 15) is 10.4 Å². The van der Waals surface area contributed by atoms with Crippen molar-refractivity contribution in [2.24, 2.45) is 5.41 Å². The highest BCUT2D eigenvalue weighted by molar-refractivity contribution is 5.13. The van der Waals surface area contributed by atoms with Crippen LogP contribution < -0.4 is 0 Å². The summed E-state index contributed by atoms with van der Waals surface area (Å²) >= 11 is 0. The second kappa shape index (κ2) is 5.56. The van der Waals surface area contributed by atoms with Gasteiger partial charge in [-0.1, -0.05) is 13.3 Å². The Kier molecular flexibility index (Phi) is 4.26. The van der Waals surface area contributed by atoms with E-state index in [0.717, 1.165) is 12.8 Å². The van der Waals surface area contributed by atoms with E-state index in [1.165, 1.54) is 0 Å². The van der Waals surface area contributed by atoms with Crippen LogP contribution in [0.4, 0.5) is 0 Å². The normalized spacial score (nSPS) is 35.9. The van der Waals surface area contributed by atoms with E-state index in [1.807, 2.05) is 0 Å². The third-order valence-electron chi connectivity index (χ3n) is 4.50. The summed E-state index contributed by atoms with van der Waals surface area (Å²) in [7, 11) is 0. The van der Waals surface area contributed by atoms with E-state index in [2.05, 4.69) is 13.0 Å². The van der Waals surface area contributed by atoms with Crippen molar-refractivity contribution in [3.63, 3.8) is 0 Å². The fourth-order valence-corrected chi connectivity index (χ4v) is 3.28. The number of hydrogen-bond acceptors (Lipinski definition) is 4. The van der Waals surface area contributed by atoms with Crippen molar-refractivity contribution >= 4 is 0 Å². The first-order valence-electron chi connectivity index (χ1n) is 6.99. The molecule has 0 aromatic carbocycles. The third-order valence-corrected chi connectivity index (χ3v) is 4.50. The smallest absolute Gasteiger partial charge is 0.0905 e.